The fourth-order valence-electron chi connectivity index (χ4n) is 4.80. The van der Waals surface area contributed by atoms with Crippen LogP contribution in [0.2, 0.25) is 0 Å². The zero-order valence-corrected chi connectivity index (χ0v) is 24.8. The minimum atomic E-state index is -1.34. The van der Waals surface area contributed by atoms with Gasteiger partial charge < -0.3 is 19.9 Å². The Hall–Kier alpha value is -4.93. The molecule has 226 valence electrons. The predicted molar refractivity (Wildman–Crippen MR) is 159 cm³/mol. The molecule has 1 aromatic heterocycles. The zero-order chi connectivity index (χ0) is 31.3. The Morgan fingerprint density at radius 3 is 2.33 bits per heavy atom. The van der Waals surface area contributed by atoms with Crippen LogP contribution in [0, 0.1) is 5.92 Å². The Morgan fingerprint density at radius 1 is 1.05 bits per heavy atom. The summed E-state index contributed by atoms with van der Waals surface area (Å²) in [6.45, 7) is 7.18. The van der Waals surface area contributed by atoms with Crippen molar-refractivity contribution >= 4 is 29.8 Å². The number of β-lactam (4-membered cyclic amide) rings is 1. The number of pyridine rings is 1. The minimum Gasteiger partial charge on any atom is -0.497 e. The van der Waals surface area contributed by atoms with Crippen LogP contribution in [0.4, 0.5) is 15.4 Å². The van der Waals surface area contributed by atoms with Crippen LogP contribution in [0.15, 0.2) is 72.9 Å². The van der Waals surface area contributed by atoms with Gasteiger partial charge in [0.2, 0.25) is 5.91 Å². The molecule has 0 radical (unpaired) electrons. The van der Waals surface area contributed by atoms with E-state index >= 15 is 0 Å². The van der Waals surface area contributed by atoms with Crippen LogP contribution in [0.1, 0.15) is 50.4 Å². The summed E-state index contributed by atoms with van der Waals surface area (Å²) in [6.07, 6.45) is 0.904. The molecule has 43 heavy (non-hydrogen) atoms. The number of hydrogen-bond acceptors (Lipinski definition) is 7. The topological polar surface area (TPSA) is 138 Å². The number of nitrogens with zero attached hydrogens (tertiary/aromatic N) is 3. The van der Waals surface area contributed by atoms with Crippen molar-refractivity contribution in [1.29, 1.82) is 0 Å². The van der Waals surface area contributed by atoms with Crippen LogP contribution >= 0.6 is 0 Å². The van der Waals surface area contributed by atoms with Gasteiger partial charge in [0.25, 0.3) is 0 Å². The van der Waals surface area contributed by atoms with Gasteiger partial charge in [-0.3, -0.25) is 9.69 Å². The van der Waals surface area contributed by atoms with E-state index in [1.807, 2.05) is 42.5 Å². The molecule has 1 aliphatic heterocycles. The third kappa shape index (κ3) is 7.48. The molecule has 3 aromatic rings. The first-order valence-electron chi connectivity index (χ1n) is 13.9. The Bertz CT molecular complexity index is 1470. The number of imide groups is 1. The number of carbonyl (C=O) groups is 4. The van der Waals surface area contributed by atoms with Crippen molar-refractivity contribution in [3.8, 4) is 5.75 Å². The zero-order valence-electron chi connectivity index (χ0n) is 24.8. The van der Waals surface area contributed by atoms with Gasteiger partial charge in [-0.25, -0.2) is 24.3 Å². The highest BCUT2D eigenvalue weighted by Gasteiger charge is 2.54. The average Bonchev–Trinajstić information content (AvgIpc) is 2.96. The van der Waals surface area contributed by atoms with Crippen molar-refractivity contribution in [3.05, 3.63) is 89.6 Å². The second-order valence-electron chi connectivity index (χ2n) is 11.3. The summed E-state index contributed by atoms with van der Waals surface area (Å²) in [7, 11) is 1.57. The van der Waals surface area contributed by atoms with E-state index in [4.69, 9.17) is 9.47 Å². The largest absolute Gasteiger partial charge is 0.497 e. The van der Waals surface area contributed by atoms with Crippen LogP contribution < -0.4 is 15.0 Å². The molecule has 11 heteroatoms. The summed E-state index contributed by atoms with van der Waals surface area (Å²) < 4.78 is 10.9. The predicted octanol–water partition coefficient (Wildman–Crippen LogP) is 4.96. The number of aliphatic carboxylic acids is 1. The second-order valence-corrected chi connectivity index (χ2v) is 11.3. The lowest BCUT2D eigenvalue weighted by Gasteiger charge is -2.43. The maximum Gasteiger partial charge on any atom is 0.416 e. The molecule has 4 rings (SSSR count). The second kappa shape index (κ2) is 12.9. The molecule has 1 fully saturated rings. The summed E-state index contributed by atoms with van der Waals surface area (Å²) in [5.41, 5.74) is 1.43. The lowest BCUT2D eigenvalue weighted by molar-refractivity contribution is -0.165. The van der Waals surface area contributed by atoms with Crippen LogP contribution in [0.3, 0.4) is 0 Å². The Kier molecular flexibility index (Phi) is 9.33. The number of rotatable bonds is 9. The summed E-state index contributed by atoms with van der Waals surface area (Å²) >= 11 is 0. The number of nitrogens with one attached hydrogen (secondary N) is 1. The normalized spacial score (nSPS) is 17.0. The molecule has 0 saturated carbocycles. The number of carboxylic acid groups (broad SMARTS) is 1. The number of methoxy groups -OCH3 is 1. The standard InChI is InChI=1S/C32H36N4O7/c1-20(23-9-7-6-8-10-23)34-30(40)36-27(29(38)39)25(28(36)37)17-22-15-16-33-26(18-22)35(31(41)43-32(2,3)4)19-21-11-13-24(42-5)14-12-21/h6-16,18,20,25,27H,17,19H2,1-5H3,(H,34,40)(H,38,39)/t20-,25-,27+/m1/s1. The van der Waals surface area contributed by atoms with Crippen molar-refractivity contribution < 1.29 is 33.8 Å². The van der Waals surface area contributed by atoms with E-state index in [1.165, 1.54) is 11.1 Å². The van der Waals surface area contributed by atoms with Gasteiger partial charge in [0.1, 0.15) is 17.2 Å². The van der Waals surface area contributed by atoms with Crippen LogP contribution in [0.5, 0.6) is 5.75 Å². The lowest BCUT2D eigenvalue weighted by Crippen LogP contribution is -2.68. The van der Waals surface area contributed by atoms with Crippen molar-refractivity contribution in [3.63, 3.8) is 0 Å². The molecule has 11 nitrogen and oxygen atoms in total. The van der Waals surface area contributed by atoms with Gasteiger partial charge in [0, 0.05) is 6.20 Å². The van der Waals surface area contributed by atoms with Gasteiger partial charge in [-0.1, -0.05) is 42.5 Å². The first kappa shape index (κ1) is 31.0. The van der Waals surface area contributed by atoms with Crippen molar-refractivity contribution in [2.24, 2.45) is 5.92 Å². The van der Waals surface area contributed by atoms with Crippen molar-refractivity contribution in [2.45, 2.75) is 58.3 Å². The molecule has 0 unspecified atom stereocenters. The highest BCUT2D eigenvalue weighted by Crippen LogP contribution is 2.32. The molecule has 2 heterocycles. The number of benzene rings is 2. The van der Waals surface area contributed by atoms with Gasteiger partial charge >= 0.3 is 18.1 Å². The fraction of sp³-hybridized carbons (Fsp3) is 0.344. The maximum atomic E-state index is 13.2. The molecule has 0 bridgehead atoms. The molecule has 3 atom stereocenters. The van der Waals surface area contributed by atoms with E-state index in [0.717, 1.165) is 16.0 Å². The number of anilines is 1. The molecular formula is C32H36N4O7. The highest BCUT2D eigenvalue weighted by atomic mass is 16.6. The minimum absolute atomic E-state index is 0.0357. The van der Waals surface area contributed by atoms with Crippen LogP contribution in [0.25, 0.3) is 0 Å². The maximum absolute atomic E-state index is 13.2. The van der Waals surface area contributed by atoms with Crippen LogP contribution in [-0.2, 0) is 27.3 Å². The van der Waals surface area contributed by atoms with Gasteiger partial charge in [0.05, 0.1) is 25.6 Å². The molecule has 0 aliphatic carbocycles. The number of carbonyl (C=O) groups excluding carboxylic acids is 3. The quantitative estimate of drug-likeness (QED) is 0.335. The molecule has 2 aromatic carbocycles. The van der Waals surface area contributed by atoms with Gasteiger partial charge in [-0.2, -0.15) is 0 Å². The van der Waals surface area contributed by atoms with Gasteiger partial charge in [-0.15, -0.1) is 0 Å². The summed E-state index contributed by atoms with van der Waals surface area (Å²) in [4.78, 5) is 58.0. The third-order valence-corrected chi connectivity index (χ3v) is 6.98. The van der Waals surface area contributed by atoms with E-state index in [-0.39, 0.29) is 18.8 Å². The molecule has 4 amide bonds. The molecular weight excluding hydrogens is 552 g/mol. The van der Waals surface area contributed by atoms with Gasteiger partial charge in [-0.05, 0) is 75.1 Å². The van der Waals surface area contributed by atoms with E-state index in [9.17, 15) is 24.3 Å². The number of urea groups is 1. The Balaban J connectivity index is 1.53. The number of amides is 4. The van der Waals surface area contributed by atoms with E-state index in [2.05, 4.69) is 10.3 Å². The molecule has 2 N–H and O–H groups in total. The number of carboxylic acids is 1. The van der Waals surface area contributed by atoms with Crippen molar-refractivity contribution in [2.75, 3.05) is 12.0 Å². The summed E-state index contributed by atoms with van der Waals surface area (Å²) in [5, 5.41) is 12.6. The van der Waals surface area contributed by atoms with Crippen LogP contribution in [-0.4, -0.2) is 57.7 Å². The van der Waals surface area contributed by atoms with Gasteiger partial charge in [0.15, 0.2) is 6.04 Å². The SMILES string of the molecule is COc1ccc(CN(C(=O)OC(C)(C)C)c2cc(C[C@H]3C(=O)N(C(=O)N[C@H](C)c4ccccc4)[C@@H]3C(=O)O)ccn2)cc1. The molecule has 0 spiro atoms. The van der Waals surface area contributed by atoms with E-state index < -0.39 is 47.6 Å². The Labute approximate surface area is 250 Å². The number of ether oxygens (including phenoxy) is 2. The average molecular weight is 589 g/mol. The number of likely N-dealkylation sites (tertiary alicyclic amines) is 1. The molecule has 1 saturated heterocycles. The number of hydrogen-bond donors (Lipinski definition) is 2. The smallest absolute Gasteiger partial charge is 0.416 e. The van der Waals surface area contributed by atoms with E-state index in [0.29, 0.717) is 11.3 Å². The first-order chi connectivity index (χ1) is 20.4. The van der Waals surface area contributed by atoms with E-state index in [1.54, 1.807) is 59.1 Å². The fourth-order valence-corrected chi connectivity index (χ4v) is 4.80. The lowest BCUT2D eigenvalue weighted by atomic mass is 9.82. The third-order valence-electron chi connectivity index (χ3n) is 6.98. The highest BCUT2D eigenvalue weighted by molar-refractivity contribution is 6.07. The van der Waals surface area contributed by atoms with Crippen molar-refractivity contribution in [1.82, 2.24) is 15.2 Å². The molecule has 1 aliphatic rings. The number of aromatic nitrogens is 1. The Morgan fingerprint density at radius 2 is 1.72 bits per heavy atom. The first-order valence-corrected chi connectivity index (χ1v) is 13.9. The summed E-state index contributed by atoms with van der Waals surface area (Å²) in [5.74, 6) is -1.90. The monoisotopic (exact) mass is 588 g/mol. The summed E-state index contributed by atoms with van der Waals surface area (Å²) in [6, 6.07) is 17.1.